The number of hydrogen-bond donors (Lipinski definition) is 0. The van der Waals surface area contributed by atoms with Crippen molar-refractivity contribution in [1.29, 1.82) is 0 Å². The normalized spacial score (nSPS) is 18.3. The number of likely N-dealkylation sites (tertiary alicyclic amines) is 1. The Balaban J connectivity index is 1.46. The molecule has 2 aromatic rings. The van der Waals surface area contributed by atoms with Gasteiger partial charge in [0.2, 0.25) is 10.0 Å². The second-order valence-electron chi connectivity index (χ2n) is 7.86. The van der Waals surface area contributed by atoms with Gasteiger partial charge in [-0.05, 0) is 37.1 Å². The van der Waals surface area contributed by atoms with E-state index in [9.17, 15) is 17.6 Å². The van der Waals surface area contributed by atoms with Crippen LogP contribution in [0.4, 0.5) is 9.18 Å². The summed E-state index contributed by atoms with van der Waals surface area (Å²) < 4.78 is 42.3. The number of piperidine rings is 1. The van der Waals surface area contributed by atoms with Gasteiger partial charge in [0.1, 0.15) is 17.5 Å². The van der Waals surface area contributed by atoms with Crippen molar-refractivity contribution in [2.75, 3.05) is 33.7 Å². The number of sulfonamides is 1. The van der Waals surface area contributed by atoms with E-state index in [2.05, 4.69) is 10.2 Å². The van der Waals surface area contributed by atoms with Crippen LogP contribution < -0.4 is 0 Å². The number of benzene rings is 1. The van der Waals surface area contributed by atoms with Crippen LogP contribution in [0, 0.1) is 5.82 Å². The molecule has 30 heavy (non-hydrogen) atoms. The van der Waals surface area contributed by atoms with Crippen LogP contribution in [0.2, 0.25) is 0 Å². The fourth-order valence-corrected chi connectivity index (χ4v) is 5.42. The van der Waals surface area contributed by atoms with Crippen molar-refractivity contribution in [2.45, 2.75) is 36.7 Å². The summed E-state index contributed by atoms with van der Waals surface area (Å²) in [5.74, 6) is 1.18. The third-order valence-corrected chi connectivity index (χ3v) is 7.57. The molecule has 11 heteroatoms. The Hall–Kier alpha value is -2.53. The van der Waals surface area contributed by atoms with Crippen molar-refractivity contribution in [3.63, 3.8) is 0 Å². The Bertz CT molecular complexity index is 1030. The summed E-state index contributed by atoms with van der Waals surface area (Å²) in [5.41, 5.74) is 0. The van der Waals surface area contributed by atoms with Crippen LogP contribution >= 0.6 is 0 Å². The lowest BCUT2D eigenvalue weighted by molar-refractivity contribution is 0.155. The number of fused-ring (bicyclic) bond motifs is 1. The first-order chi connectivity index (χ1) is 14.3. The van der Waals surface area contributed by atoms with E-state index in [1.807, 2.05) is 9.47 Å². The molecular weight excluding hydrogens is 411 g/mol. The third kappa shape index (κ3) is 3.79. The lowest BCUT2D eigenvalue weighted by Crippen LogP contribution is -2.44. The molecule has 1 saturated heterocycles. The van der Waals surface area contributed by atoms with E-state index < -0.39 is 15.8 Å². The van der Waals surface area contributed by atoms with E-state index in [0.29, 0.717) is 32.0 Å². The molecule has 2 amide bonds. The summed E-state index contributed by atoms with van der Waals surface area (Å²) in [6.45, 7) is 2.22. The number of aromatic nitrogens is 3. The Labute approximate surface area is 175 Å². The van der Waals surface area contributed by atoms with Gasteiger partial charge >= 0.3 is 6.03 Å². The average molecular weight is 437 g/mol. The van der Waals surface area contributed by atoms with Gasteiger partial charge in [-0.15, -0.1) is 10.2 Å². The molecule has 0 spiro atoms. The van der Waals surface area contributed by atoms with Crippen molar-refractivity contribution < 1.29 is 17.6 Å². The number of nitrogens with zero attached hydrogens (tertiary/aromatic N) is 6. The Morgan fingerprint density at radius 1 is 1.07 bits per heavy atom. The van der Waals surface area contributed by atoms with Crippen LogP contribution in [0.3, 0.4) is 0 Å². The van der Waals surface area contributed by atoms with Crippen molar-refractivity contribution in [3.05, 3.63) is 41.7 Å². The van der Waals surface area contributed by atoms with Gasteiger partial charge in [0.15, 0.2) is 0 Å². The fourth-order valence-electron chi connectivity index (χ4n) is 4.03. The minimum Gasteiger partial charge on any atom is -0.331 e. The van der Waals surface area contributed by atoms with Gasteiger partial charge < -0.3 is 14.4 Å². The van der Waals surface area contributed by atoms with Crippen molar-refractivity contribution in [2.24, 2.45) is 0 Å². The summed E-state index contributed by atoms with van der Waals surface area (Å²) in [4.78, 5) is 15.6. The number of carbonyl (C=O) groups excluding carboxylic acids is 1. The second kappa shape index (κ2) is 7.95. The van der Waals surface area contributed by atoms with Crippen molar-refractivity contribution >= 4 is 16.1 Å². The molecule has 0 aliphatic carbocycles. The molecule has 1 aromatic heterocycles. The van der Waals surface area contributed by atoms with E-state index in [0.717, 1.165) is 30.8 Å². The van der Waals surface area contributed by atoms with Gasteiger partial charge in [0, 0.05) is 46.2 Å². The highest BCUT2D eigenvalue weighted by atomic mass is 32.2. The van der Waals surface area contributed by atoms with E-state index in [-0.39, 0.29) is 23.4 Å². The number of urea groups is 1. The molecule has 0 atom stereocenters. The van der Waals surface area contributed by atoms with Gasteiger partial charge in [0.25, 0.3) is 0 Å². The maximum atomic E-state index is 13.1. The molecule has 1 aromatic carbocycles. The maximum absolute atomic E-state index is 13.1. The lowest BCUT2D eigenvalue weighted by Gasteiger charge is -2.34. The summed E-state index contributed by atoms with van der Waals surface area (Å²) in [5, 5.41) is 8.60. The van der Waals surface area contributed by atoms with Gasteiger partial charge in [0.05, 0.1) is 11.4 Å². The second-order valence-corrected chi connectivity index (χ2v) is 9.79. The molecule has 1 fully saturated rings. The zero-order valence-corrected chi connectivity index (χ0v) is 17.8. The topological polar surface area (TPSA) is 91.6 Å². The van der Waals surface area contributed by atoms with E-state index in [1.165, 1.54) is 16.4 Å². The number of halogens is 1. The minimum atomic E-state index is -3.73. The SMILES string of the molecule is CN(C)C(=O)N1CCC(c2nnc3n2CCN(S(=O)(=O)c2ccc(F)cc2)C3)CC1. The molecule has 4 rings (SSSR count). The molecule has 0 saturated carbocycles. The molecule has 0 N–H and O–H groups in total. The van der Waals surface area contributed by atoms with Crippen LogP contribution in [0.25, 0.3) is 0 Å². The molecule has 3 heterocycles. The van der Waals surface area contributed by atoms with Gasteiger partial charge in [-0.1, -0.05) is 0 Å². The minimum absolute atomic E-state index is 0.0124. The maximum Gasteiger partial charge on any atom is 0.319 e. The van der Waals surface area contributed by atoms with Crippen molar-refractivity contribution in [3.8, 4) is 0 Å². The summed E-state index contributed by atoms with van der Waals surface area (Å²) >= 11 is 0. The highest BCUT2D eigenvalue weighted by Crippen LogP contribution is 2.30. The van der Waals surface area contributed by atoms with Crippen LogP contribution in [-0.2, 0) is 23.1 Å². The van der Waals surface area contributed by atoms with E-state index in [4.69, 9.17) is 0 Å². The summed E-state index contributed by atoms with van der Waals surface area (Å²) in [6.07, 6.45) is 1.60. The predicted molar refractivity (Wildman–Crippen MR) is 107 cm³/mol. The summed E-state index contributed by atoms with van der Waals surface area (Å²) in [7, 11) is -0.235. The fraction of sp³-hybridized carbons (Fsp3) is 0.526. The van der Waals surface area contributed by atoms with Gasteiger partial charge in [-0.2, -0.15) is 4.31 Å². The summed E-state index contributed by atoms with van der Waals surface area (Å²) in [6, 6.07) is 4.85. The molecule has 0 unspecified atom stereocenters. The standard InChI is InChI=1S/C19H25FN6O3S/c1-23(2)19(27)24-9-7-14(8-10-24)18-22-21-17-13-25(11-12-26(17)18)30(28,29)16-5-3-15(20)4-6-16/h3-6,14H,7-13H2,1-2H3. The average Bonchev–Trinajstić information content (AvgIpc) is 3.17. The lowest BCUT2D eigenvalue weighted by atomic mass is 9.96. The zero-order chi connectivity index (χ0) is 21.5. The highest BCUT2D eigenvalue weighted by Gasteiger charge is 2.33. The van der Waals surface area contributed by atoms with Crippen LogP contribution in [0.1, 0.15) is 30.4 Å². The number of carbonyl (C=O) groups is 1. The largest absolute Gasteiger partial charge is 0.331 e. The Morgan fingerprint density at radius 2 is 1.73 bits per heavy atom. The number of rotatable bonds is 3. The van der Waals surface area contributed by atoms with Crippen LogP contribution in [0.15, 0.2) is 29.2 Å². The predicted octanol–water partition coefficient (Wildman–Crippen LogP) is 1.48. The smallest absolute Gasteiger partial charge is 0.319 e. The third-order valence-electron chi connectivity index (χ3n) is 5.71. The zero-order valence-electron chi connectivity index (χ0n) is 17.0. The van der Waals surface area contributed by atoms with Crippen LogP contribution in [-0.4, -0.2) is 77.0 Å². The van der Waals surface area contributed by atoms with Crippen LogP contribution in [0.5, 0.6) is 0 Å². The molecule has 0 bridgehead atoms. The van der Waals surface area contributed by atoms with E-state index in [1.54, 1.807) is 19.0 Å². The first-order valence-corrected chi connectivity index (χ1v) is 11.4. The highest BCUT2D eigenvalue weighted by molar-refractivity contribution is 7.89. The molecule has 2 aliphatic rings. The Morgan fingerprint density at radius 3 is 2.37 bits per heavy atom. The monoisotopic (exact) mass is 436 g/mol. The van der Waals surface area contributed by atoms with Gasteiger partial charge in [-0.25, -0.2) is 17.6 Å². The number of hydrogen-bond acceptors (Lipinski definition) is 5. The first kappa shape index (κ1) is 20.7. The molecular formula is C19H25FN6O3S. The number of amides is 2. The van der Waals surface area contributed by atoms with Crippen molar-refractivity contribution in [1.82, 2.24) is 28.9 Å². The quantitative estimate of drug-likeness (QED) is 0.727. The molecule has 2 aliphatic heterocycles. The van der Waals surface area contributed by atoms with E-state index >= 15 is 0 Å². The Kier molecular flexibility index (Phi) is 5.49. The first-order valence-electron chi connectivity index (χ1n) is 9.91. The molecule has 9 nitrogen and oxygen atoms in total. The van der Waals surface area contributed by atoms with Gasteiger partial charge in [-0.3, -0.25) is 0 Å². The molecule has 162 valence electrons. The molecule has 0 radical (unpaired) electrons.